The molecular weight excluding hydrogens is 226 g/mol. The molecule has 88 valence electrons. The van der Waals surface area contributed by atoms with Gasteiger partial charge in [-0.3, -0.25) is 0 Å². The normalized spacial score (nSPS) is 32.4. The van der Waals surface area contributed by atoms with Crippen molar-refractivity contribution in [2.24, 2.45) is 5.92 Å². The quantitative estimate of drug-likeness (QED) is 0.752. The van der Waals surface area contributed by atoms with Crippen LogP contribution >= 0.6 is 11.6 Å². The van der Waals surface area contributed by atoms with Gasteiger partial charge in [0.1, 0.15) is 6.10 Å². The van der Waals surface area contributed by atoms with Gasteiger partial charge in [0.25, 0.3) is 0 Å². The average Bonchev–Trinajstić information content (AvgIpc) is 2.13. The Hall–Kier alpha value is 0.0700. The fraction of sp³-hybridized carbons (Fsp3) is 1.00. The maximum absolute atomic E-state index is 12.7. The first-order chi connectivity index (χ1) is 6.93. The first-order valence-electron chi connectivity index (χ1n) is 5.32. The fourth-order valence-corrected chi connectivity index (χ4v) is 2.70. The molecule has 1 spiro atoms. The molecular formula is C10H15ClF2O2. The van der Waals surface area contributed by atoms with E-state index in [4.69, 9.17) is 16.3 Å². The zero-order chi connectivity index (χ0) is 11.1. The van der Waals surface area contributed by atoms with Crippen molar-refractivity contribution in [3.63, 3.8) is 0 Å². The van der Waals surface area contributed by atoms with E-state index < -0.39 is 17.4 Å². The molecule has 0 amide bonds. The number of aliphatic hydroxyl groups is 1. The first-order valence-corrected chi connectivity index (χ1v) is 5.70. The van der Waals surface area contributed by atoms with E-state index in [-0.39, 0.29) is 5.60 Å². The van der Waals surface area contributed by atoms with Crippen molar-refractivity contribution in [1.29, 1.82) is 0 Å². The van der Waals surface area contributed by atoms with Crippen LogP contribution in [0.15, 0.2) is 0 Å². The SMILES string of the molecule is OC(C1CCOC2(CCC2)C1)C(F)(F)Cl. The number of halogens is 3. The molecule has 0 aromatic heterocycles. The van der Waals surface area contributed by atoms with Crippen LogP contribution in [0.25, 0.3) is 0 Å². The molecule has 15 heavy (non-hydrogen) atoms. The van der Waals surface area contributed by atoms with Crippen molar-refractivity contribution in [1.82, 2.24) is 0 Å². The zero-order valence-electron chi connectivity index (χ0n) is 8.39. The molecule has 1 saturated heterocycles. The lowest BCUT2D eigenvalue weighted by Gasteiger charge is -2.48. The molecule has 2 fully saturated rings. The lowest BCUT2D eigenvalue weighted by molar-refractivity contribution is -0.174. The molecule has 1 aliphatic carbocycles. The topological polar surface area (TPSA) is 29.5 Å². The third-order valence-electron chi connectivity index (χ3n) is 3.58. The highest BCUT2D eigenvalue weighted by molar-refractivity contribution is 6.22. The van der Waals surface area contributed by atoms with E-state index in [2.05, 4.69) is 0 Å². The van der Waals surface area contributed by atoms with E-state index in [1.165, 1.54) is 0 Å². The molecule has 0 radical (unpaired) electrons. The molecule has 2 rings (SSSR count). The number of rotatable bonds is 2. The minimum absolute atomic E-state index is 0.230. The Bertz CT molecular complexity index is 238. The molecule has 1 N–H and O–H groups in total. The molecule has 0 aromatic rings. The van der Waals surface area contributed by atoms with E-state index in [1.54, 1.807) is 0 Å². The predicted octanol–water partition coefficient (Wildman–Crippen LogP) is 2.53. The summed E-state index contributed by atoms with van der Waals surface area (Å²) in [5.74, 6) is -0.438. The van der Waals surface area contributed by atoms with Crippen LogP contribution in [0.5, 0.6) is 0 Å². The number of alkyl halides is 3. The van der Waals surface area contributed by atoms with Crippen LogP contribution in [-0.2, 0) is 4.74 Å². The van der Waals surface area contributed by atoms with Gasteiger partial charge in [0.05, 0.1) is 5.60 Å². The summed E-state index contributed by atoms with van der Waals surface area (Å²) in [7, 11) is 0. The number of ether oxygens (including phenoxy) is 1. The Balaban J connectivity index is 1.98. The summed E-state index contributed by atoms with van der Waals surface area (Å²) in [6, 6.07) is 0. The second-order valence-electron chi connectivity index (χ2n) is 4.62. The van der Waals surface area contributed by atoms with Crippen molar-refractivity contribution in [2.75, 3.05) is 6.61 Å². The Morgan fingerprint density at radius 1 is 1.47 bits per heavy atom. The fourth-order valence-electron chi connectivity index (χ4n) is 2.52. The lowest BCUT2D eigenvalue weighted by Crippen LogP contribution is -2.50. The minimum Gasteiger partial charge on any atom is -0.385 e. The minimum atomic E-state index is -3.52. The maximum atomic E-state index is 12.7. The van der Waals surface area contributed by atoms with Crippen molar-refractivity contribution in [2.45, 2.75) is 49.2 Å². The van der Waals surface area contributed by atoms with Gasteiger partial charge < -0.3 is 9.84 Å². The van der Waals surface area contributed by atoms with Crippen LogP contribution in [0, 0.1) is 5.92 Å². The molecule has 0 bridgehead atoms. The third kappa shape index (κ3) is 2.27. The van der Waals surface area contributed by atoms with Gasteiger partial charge in [-0.2, -0.15) is 8.78 Å². The van der Waals surface area contributed by atoms with Gasteiger partial charge in [0.15, 0.2) is 0 Å². The lowest BCUT2D eigenvalue weighted by atomic mass is 9.71. The summed E-state index contributed by atoms with van der Waals surface area (Å²) >= 11 is 4.85. The number of hydrogen-bond donors (Lipinski definition) is 1. The Labute approximate surface area is 92.6 Å². The smallest absolute Gasteiger partial charge is 0.347 e. The second kappa shape index (κ2) is 3.82. The predicted molar refractivity (Wildman–Crippen MR) is 52.1 cm³/mol. The molecule has 5 heteroatoms. The number of hydrogen-bond acceptors (Lipinski definition) is 2. The average molecular weight is 241 g/mol. The van der Waals surface area contributed by atoms with Crippen LogP contribution in [-0.4, -0.2) is 28.8 Å². The molecule has 1 aliphatic heterocycles. The summed E-state index contributed by atoms with van der Waals surface area (Å²) in [6.45, 7) is 0.453. The van der Waals surface area contributed by atoms with Crippen molar-refractivity contribution >= 4 is 11.6 Å². The maximum Gasteiger partial charge on any atom is 0.347 e. The summed E-state index contributed by atoms with van der Waals surface area (Å²) in [6.07, 6.45) is 2.15. The van der Waals surface area contributed by atoms with Gasteiger partial charge in [-0.05, 0) is 49.6 Å². The van der Waals surface area contributed by atoms with E-state index in [0.29, 0.717) is 19.4 Å². The van der Waals surface area contributed by atoms with Crippen LogP contribution in [0.2, 0.25) is 0 Å². The number of aliphatic hydroxyl groups excluding tert-OH is 1. The highest BCUT2D eigenvalue weighted by Gasteiger charge is 2.49. The van der Waals surface area contributed by atoms with Crippen molar-refractivity contribution in [3.8, 4) is 0 Å². The molecule has 1 saturated carbocycles. The largest absolute Gasteiger partial charge is 0.385 e. The summed E-state index contributed by atoms with van der Waals surface area (Å²) in [4.78, 5) is 0. The van der Waals surface area contributed by atoms with Crippen LogP contribution in [0.3, 0.4) is 0 Å². The van der Waals surface area contributed by atoms with Gasteiger partial charge in [-0.1, -0.05) is 0 Å². The molecule has 1 heterocycles. The summed E-state index contributed by atoms with van der Waals surface area (Å²) in [5, 5.41) is 5.90. The van der Waals surface area contributed by atoms with Crippen LogP contribution in [0.1, 0.15) is 32.1 Å². The summed E-state index contributed by atoms with van der Waals surface area (Å²) < 4.78 is 31.1. The third-order valence-corrected chi connectivity index (χ3v) is 3.80. The van der Waals surface area contributed by atoms with Gasteiger partial charge in [-0.15, -0.1) is 0 Å². The second-order valence-corrected chi connectivity index (χ2v) is 5.13. The van der Waals surface area contributed by atoms with E-state index in [0.717, 1.165) is 19.3 Å². The first kappa shape index (κ1) is 11.6. The Morgan fingerprint density at radius 2 is 2.13 bits per heavy atom. The molecule has 2 nitrogen and oxygen atoms in total. The van der Waals surface area contributed by atoms with Gasteiger partial charge in [0.2, 0.25) is 0 Å². The van der Waals surface area contributed by atoms with Crippen molar-refractivity contribution < 1.29 is 18.6 Å². The standard InChI is InChI=1S/C10H15ClF2O2/c11-10(12,13)8(14)7-2-5-15-9(6-7)3-1-4-9/h7-8,14H,1-6H2. The summed E-state index contributed by atoms with van der Waals surface area (Å²) in [5.41, 5.74) is -0.230. The highest BCUT2D eigenvalue weighted by atomic mass is 35.5. The molecule has 0 aromatic carbocycles. The van der Waals surface area contributed by atoms with E-state index in [1.807, 2.05) is 0 Å². The Morgan fingerprint density at radius 3 is 2.60 bits per heavy atom. The van der Waals surface area contributed by atoms with Gasteiger partial charge >= 0.3 is 5.38 Å². The molecule has 2 aliphatic rings. The van der Waals surface area contributed by atoms with E-state index >= 15 is 0 Å². The van der Waals surface area contributed by atoms with Crippen LogP contribution in [0.4, 0.5) is 8.78 Å². The monoisotopic (exact) mass is 240 g/mol. The molecule has 2 atom stereocenters. The van der Waals surface area contributed by atoms with Gasteiger partial charge in [-0.25, -0.2) is 0 Å². The highest BCUT2D eigenvalue weighted by Crippen LogP contribution is 2.46. The van der Waals surface area contributed by atoms with Crippen LogP contribution < -0.4 is 0 Å². The zero-order valence-corrected chi connectivity index (χ0v) is 9.14. The van der Waals surface area contributed by atoms with Crippen molar-refractivity contribution in [3.05, 3.63) is 0 Å². The molecule has 2 unspecified atom stereocenters. The van der Waals surface area contributed by atoms with Gasteiger partial charge in [0, 0.05) is 6.61 Å². The Kier molecular flexibility index (Phi) is 2.95. The van der Waals surface area contributed by atoms with E-state index in [9.17, 15) is 13.9 Å².